The normalized spacial score (nSPS) is 16.2. The Morgan fingerprint density at radius 2 is 2.14 bits per heavy atom. The van der Waals surface area contributed by atoms with Gasteiger partial charge < -0.3 is 4.84 Å². The minimum atomic E-state index is -2.31. The van der Waals surface area contributed by atoms with Crippen LogP contribution in [-0.4, -0.2) is 42.1 Å². The molecular formula is C19H19N5O3S2. The van der Waals surface area contributed by atoms with Crippen LogP contribution in [0.2, 0.25) is 0 Å². The van der Waals surface area contributed by atoms with E-state index in [9.17, 15) is 9.00 Å². The summed E-state index contributed by atoms with van der Waals surface area (Å²) >= 11 is 1.30. The van der Waals surface area contributed by atoms with E-state index >= 15 is 0 Å². The van der Waals surface area contributed by atoms with Gasteiger partial charge in [0.1, 0.15) is 5.69 Å². The first-order valence-corrected chi connectivity index (χ1v) is 11.6. The lowest BCUT2D eigenvalue weighted by molar-refractivity contribution is -0.110. The van der Waals surface area contributed by atoms with Crippen molar-refractivity contribution in [3.05, 3.63) is 59.4 Å². The third-order valence-corrected chi connectivity index (χ3v) is 7.69. The Kier molecular flexibility index (Phi) is 5.45. The quantitative estimate of drug-likeness (QED) is 0.325. The Balaban J connectivity index is 1.57. The highest BCUT2D eigenvalue weighted by Crippen LogP contribution is 2.33. The van der Waals surface area contributed by atoms with Crippen LogP contribution in [0, 0.1) is 0 Å². The Labute approximate surface area is 172 Å². The molecule has 3 aromatic rings. The van der Waals surface area contributed by atoms with Crippen molar-refractivity contribution in [2.45, 2.75) is 29.6 Å². The van der Waals surface area contributed by atoms with Crippen molar-refractivity contribution in [2.24, 2.45) is 5.16 Å². The Morgan fingerprint density at radius 3 is 2.76 bits per heavy atom. The summed E-state index contributed by atoms with van der Waals surface area (Å²) in [7, 11) is -2.31. The number of oxime groups is 1. The molecular weight excluding hydrogens is 410 g/mol. The summed E-state index contributed by atoms with van der Waals surface area (Å²) in [5.74, 6) is 3.47. The lowest BCUT2D eigenvalue weighted by Crippen LogP contribution is -2.24. The highest BCUT2D eigenvalue weighted by atomic mass is 32.2. The number of thiazole rings is 1. The summed E-state index contributed by atoms with van der Waals surface area (Å²) < 4.78 is 12.8. The SMILES string of the molecule is C=S(=O)(c1ccc(/C(=N\OCc2cc[nH]n2)C(=O)Nc2nccs2)cc1)C1CC1. The summed E-state index contributed by atoms with van der Waals surface area (Å²) in [4.78, 5) is 22.8. The summed E-state index contributed by atoms with van der Waals surface area (Å²) in [5.41, 5.74) is 1.28. The third-order valence-electron chi connectivity index (χ3n) is 4.38. The van der Waals surface area contributed by atoms with Gasteiger partial charge in [-0.1, -0.05) is 17.3 Å². The molecule has 0 spiro atoms. The van der Waals surface area contributed by atoms with E-state index in [1.54, 1.807) is 48.1 Å². The van der Waals surface area contributed by atoms with Crippen molar-refractivity contribution in [3.63, 3.8) is 0 Å². The molecule has 1 aromatic carbocycles. The fourth-order valence-corrected chi connectivity index (χ4v) is 5.09. The topological polar surface area (TPSA) is 109 Å². The van der Waals surface area contributed by atoms with Crippen LogP contribution >= 0.6 is 11.3 Å². The molecule has 29 heavy (non-hydrogen) atoms. The number of carbonyl (C=O) groups is 1. The summed E-state index contributed by atoms with van der Waals surface area (Å²) in [6.07, 6.45) is 5.15. The van der Waals surface area contributed by atoms with Gasteiger partial charge in [-0.25, -0.2) is 4.98 Å². The molecule has 1 aliphatic carbocycles. The molecule has 2 aromatic heterocycles. The maximum absolute atomic E-state index is 12.8. The number of aromatic amines is 1. The average Bonchev–Trinajstić information content (AvgIpc) is 3.23. The maximum Gasteiger partial charge on any atom is 0.280 e. The first kappa shape index (κ1) is 19.3. The molecule has 8 nitrogen and oxygen atoms in total. The van der Waals surface area contributed by atoms with E-state index in [1.165, 1.54) is 11.3 Å². The van der Waals surface area contributed by atoms with E-state index in [0.717, 1.165) is 12.8 Å². The number of rotatable bonds is 8. The van der Waals surface area contributed by atoms with Crippen LogP contribution in [0.5, 0.6) is 0 Å². The van der Waals surface area contributed by atoms with E-state index in [1.807, 2.05) is 0 Å². The molecule has 4 rings (SSSR count). The molecule has 150 valence electrons. The van der Waals surface area contributed by atoms with E-state index in [2.05, 4.69) is 31.5 Å². The molecule has 0 radical (unpaired) electrons. The molecule has 2 N–H and O–H groups in total. The largest absolute Gasteiger partial charge is 0.389 e. The zero-order valence-corrected chi connectivity index (χ0v) is 17.0. The van der Waals surface area contributed by atoms with Crippen molar-refractivity contribution >= 4 is 43.5 Å². The number of hydrogen-bond donors (Lipinski definition) is 2. The molecule has 1 fully saturated rings. The van der Waals surface area contributed by atoms with Crippen LogP contribution in [-0.2, 0) is 25.8 Å². The van der Waals surface area contributed by atoms with Gasteiger partial charge in [0.05, 0.1) is 0 Å². The fraction of sp³-hybridized carbons (Fsp3) is 0.211. The lowest BCUT2D eigenvalue weighted by atomic mass is 10.1. The molecule has 1 atom stereocenters. The Morgan fingerprint density at radius 1 is 1.34 bits per heavy atom. The number of nitrogens with zero attached hydrogens (tertiary/aromatic N) is 3. The monoisotopic (exact) mass is 429 g/mol. The summed E-state index contributed by atoms with van der Waals surface area (Å²) in [6.45, 7) is 0.115. The Hall–Kier alpha value is -2.98. The van der Waals surface area contributed by atoms with Gasteiger partial charge in [-0.2, -0.15) is 5.10 Å². The third kappa shape index (κ3) is 4.54. The van der Waals surface area contributed by atoms with E-state index < -0.39 is 15.4 Å². The molecule has 1 aliphatic rings. The predicted molar refractivity (Wildman–Crippen MR) is 114 cm³/mol. The second-order valence-corrected chi connectivity index (χ2v) is 10.0. The highest BCUT2D eigenvalue weighted by Gasteiger charge is 2.32. The van der Waals surface area contributed by atoms with Gasteiger partial charge in [-0.3, -0.25) is 19.4 Å². The molecule has 1 amide bonds. The second-order valence-electron chi connectivity index (χ2n) is 6.52. The summed E-state index contributed by atoms with van der Waals surface area (Å²) in [5, 5.41) is 15.8. The van der Waals surface area contributed by atoms with Crippen molar-refractivity contribution in [1.29, 1.82) is 0 Å². The zero-order chi connectivity index (χ0) is 20.3. The van der Waals surface area contributed by atoms with Crippen LogP contribution in [0.1, 0.15) is 24.1 Å². The first-order chi connectivity index (χ1) is 14.0. The molecule has 0 saturated heterocycles. The van der Waals surface area contributed by atoms with E-state index in [-0.39, 0.29) is 17.6 Å². The standard InChI is InChI=1S/C19H19N5O3S2/c1-29(26,16-6-7-16)15-4-2-13(3-5-15)17(18(25)22-19-20-10-11-28-19)24-27-12-14-8-9-21-23-14/h2-5,8-11,16H,1,6-7,12H2,(H,21,23)(H,20,22,25)/b24-17+. The number of aromatic nitrogens is 3. The van der Waals surface area contributed by atoms with Gasteiger partial charge in [0.15, 0.2) is 17.5 Å². The molecule has 1 saturated carbocycles. The predicted octanol–water partition coefficient (Wildman–Crippen LogP) is 2.66. The lowest BCUT2D eigenvalue weighted by Gasteiger charge is -2.10. The van der Waals surface area contributed by atoms with Crippen LogP contribution in [0.15, 0.2) is 58.2 Å². The van der Waals surface area contributed by atoms with E-state index in [4.69, 9.17) is 4.84 Å². The van der Waals surface area contributed by atoms with Crippen LogP contribution in [0.3, 0.4) is 0 Å². The minimum absolute atomic E-state index is 0.0873. The second kappa shape index (κ2) is 8.18. The van der Waals surface area contributed by atoms with Gasteiger partial charge in [0, 0.05) is 33.5 Å². The molecule has 1 unspecified atom stereocenters. The maximum atomic E-state index is 12.8. The van der Waals surface area contributed by atoms with Gasteiger partial charge in [-0.05, 0) is 46.4 Å². The van der Waals surface area contributed by atoms with Crippen molar-refractivity contribution in [1.82, 2.24) is 15.2 Å². The van der Waals surface area contributed by atoms with Crippen LogP contribution in [0.25, 0.3) is 0 Å². The fourth-order valence-electron chi connectivity index (χ4n) is 2.69. The minimum Gasteiger partial charge on any atom is -0.389 e. The number of benzene rings is 1. The van der Waals surface area contributed by atoms with Crippen molar-refractivity contribution in [2.75, 3.05) is 5.32 Å². The average molecular weight is 430 g/mol. The molecule has 0 aliphatic heterocycles. The Bertz CT molecular complexity index is 1100. The zero-order valence-electron chi connectivity index (χ0n) is 15.4. The van der Waals surface area contributed by atoms with Gasteiger partial charge >= 0.3 is 0 Å². The highest BCUT2D eigenvalue weighted by molar-refractivity contribution is 8.01. The summed E-state index contributed by atoms with van der Waals surface area (Å²) in [6, 6.07) is 8.65. The number of amides is 1. The molecule has 0 bridgehead atoms. The number of H-pyrrole nitrogens is 1. The number of anilines is 1. The van der Waals surface area contributed by atoms with Crippen LogP contribution < -0.4 is 5.32 Å². The van der Waals surface area contributed by atoms with Gasteiger partial charge in [0.25, 0.3) is 5.91 Å². The molecule has 10 heteroatoms. The van der Waals surface area contributed by atoms with E-state index in [0.29, 0.717) is 21.3 Å². The number of nitrogens with one attached hydrogen (secondary N) is 2. The van der Waals surface area contributed by atoms with Gasteiger partial charge in [-0.15, -0.1) is 11.3 Å². The smallest absolute Gasteiger partial charge is 0.280 e. The van der Waals surface area contributed by atoms with Gasteiger partial charge in [0.2, 0.25) is 0 Å². The number of hydrogen-bond acceptors (Lipinski definition) is 7. The van der Waals surface area contributed by atoms with Crippen molar-refractivity contribution < 1.29 is 13.8 Å². The first-order valence-electron chi connectivity index (χ1n) is 8.90. The molecule has 2 heterocycles. The number of carbonyl (C=O) groups excluding carboxylic acids is 1. The van der Waals surface area contributed by atoms with Crippen LogP contribution in [0.4, 0.5) is 5.13 Å². The van der Waals surface area contributed by atoms with Crippen molar-refractivity contribution in [3.8, 4) is 0 Å².